The van der Waals surface area contributed by atoms with Crippen LogP contribution in [0.15, 0.2) is 24.3 Å². The van der Waals surface area contributed by atoms with Gasteiger partial charge in [0.15, 0.2) is 0 Å². The van der Waals surface area contributed by atoms with E-state index in [1.165, 1.54) is 11.5 Å². The molecule has 0 radical (unpaired) electrons. The number of nitrogens with zero attached hydrogens (tertiary/aromatic N) is 4. The Hall–Kier alpha value is -1.64. The zero-order valence-electron chi connectivity index (χ0n) is 9.09. The van der Waals surface area contributed by atoms with Gasteiger partial charge in [-0.1, -0.05) is 16.1 Å². The predicted molar refractivity (Wildman–Crippen MR) is 68.2 cm³/mol. The smallest absolute Gasteiger partial charge is 0.139 e. The molecular formula is C11H9ClN4S. The third-order valence-electron chi connectivity index (χ3n) is 2.33. The molecule has 86 valence electrons. The van der Waals surface area contributed by atoms with E-state index in [4.69, 9.17) is 16.9 Å². The van der Waals surface area contributed by atoms with Gasteiger partial charge in [-0.05, 0) is 24.3 Å². The fourth-order valence-electron chi connectivity index (χ4n) is 1.40. The van der Waals surface area contributed by atoms with Crippen LogP contribution in [-0.2, 0) is 6.54 Å². The number of anilines is 1. The van der Waals surface area contributed by atoms with Gasteiger partial charge in [0.1, 0.15) is 10.0 Å². The van der Waals surface area contributed by atoms with Crippen LogP contribution in [0.5, 0.6) is 0 Å². The molecule has 0 aliphatic carbocycles. The average Bonchev–Trinajstić information content (AvgIpc) is 2.75. The summed E-state index contributed by atoms with van der Waals surface area (Å²) in [6.45, 7) is 0.598. The van der Waals surface area contributed by atoms with Crippen LogP contribution in [0.1, 0.15) is 11.3 Å². The van der Waals surface area contributed by atoms with Crippen LogP contribution in [0.4, 0.5) is 5.69 Å². The van der Waals surface area contributed by atoms with Crippen molar-refractivity contribution in [2.45, 2.75) is 6.54 Å². The van der Waals surface area contributed by atoms with Crippen LogP contribution >= 0.6 is 23.1 Å². The van der Waals surface area contributed by atoms with E-state index in [1.807, 2.05) is 24.1 Å². The Morgan fingerprint density at radius 3 is 2.65 bits per heavy atom. The maximum atomic E-state index is 8.71. The van der Waals surface area contributed by atoms with Gasteiger partial charge < -0.3 is 4.90 Å². The van der Waals surface area contributed by atoms with Crippen molar-refractivity contribution in [1.29, 1.82) is 5.26 Å². The third kappa shape index (κ3) is 2.73. The highest BCUT2D eigenvalue weighted by atomic mass is 35.5. The molecule has 0 aliphatic rings. The second-order valence-corrected chi connectivity index (χ2v) is 4.86. The highest BCUT2D eigenvalue weighted by Crippen LogP contribution is 2.21. The number of hydrogen-bond acceptors (Lipinski definition) is 5. The molecule has 1 aromatic heterocycles. The largest absolute Gasteiger partial charge is 0.369 e. The minimum absolute atomic E-state index is 0.598. The summed E-state index contributed by atoms with van der Waals surface area (Å²) in [6.07, 6.45) is 0. The molecule has 0 bridgehead atoms. The third-order valence-corrected chi connectivity index (χ3v) is 3.32. The summed E-state index contributed by atoms with van der Waals surface area (Å²) in [7, 11) is 1.94. The molecule has 0 aliphatic heterocycles. The summed E-state index contributed by atoms with van der Waals surface area (Å²) < 4.78 is 4.40. The van der Waals surface area contributed by atoms with Crippen LogP contribution in [0.3, 0.4) is 0 Å². The molecule has 0 fully saturated rings. The highest BCUT2D eigenvalue weighted by molar-refractivity contribution is 7.10. The first-order valence-corrected chi connectivity index (χ1v) is 6.04. The summed E-state index contributed by atoms with van der Waals surface area (Å²) in [5, 5.41) is 12.7. The Kier molecular flexibility index (Phi) is 3.57. The lowest BCUT2D eigenvalue weighted by Gasteiger charge is -2.17. The van der Waals surface area contributed by atoms with Crippen molar-refractivity contribution in [2.75, 3.05) is 11.9 Å². The van der Waals surface area contributed by atoms with E-state index in [0.717, 1.165) is 11.4 Å². The summed E-state index contributed by atoms with van der Waals surface area (Å²) in [5.41, 5.74) is 2.42. The lowest BCUT2D eigenvalue weighted by molar-refractivity contribution is 0.872. The van der Waals surface area contributed by atoms with Crippen molar-refractivity contribution in [3.05, 3.63) is 39.9 Å². The summed E-state index contributed by atoms with van der Waals surface area (Å²) in [4.78, 5) is 2.00. The first kappa shape index (κ1) is 11.8. The molecule has 1 aromatic carbocycles. The minimum Gasteiger partial charge on any atom is -0.369 e. The van der Waals surface area contributed by atoms with Crippen molar-refractivity contribution in [2.24, 2.45) is 0 Å². The Labute approximate surface area is 108 Å². The summed E-state index contributed by atoms with van der Waals surface area (Å²) in [6, 6.07) is 9.45. The zero-order chi connectivity index (χ0) is 12.3. The molecule has 17 heavy (non-hydrogen) atoms. The van der Waals surface area contributed by atoms with Crippen molar-refractivity contribution < 1.29 is 0 Å². The molecule has 6 heteroatoms. The van der Waals surface area contributed by atoms with Crippen LogP contribution in [-0.4, -0.2) is 16.6 Å². The molecule has 1 heterocycles. The lowest BCUT2D eigenvalue weighted by atomic mass is 10.2. The Bertz CT molecular complexity index is 543. The van der Waals surface area contributed by atoms with Gasteiger partial charge >= 0.3 is 0 Å². The van der Waals surface area contributed by atoms with Gasteiger partial charge in [-0.15, -0.1) is 5.10 Å². The molecule has 0 saturated heterocycles. The molecule has 2 rings (SSSR count). The van der Waals surface area contributed by atoms with E-state index in [9.17, 15) is 0 Å². The highest BCUT2D eigenvalue weighted by Gasteiger charge is 2.09. The fourth-order valence-corrected chi connectivity index (χ4v) is 2.01. The minimum atomic E-state index is 0.598. The molecule has 0 unspecified atom stereocenters. The maximum Gasteiger partial charge on any atom is 0.139 e. The number of hydrogen-bond donors (Lipinski definition) is 0. The van der Waals surface area contributed by atoms with E-state index in [0.29, 0.717) is 16.4 Å². The number of nitriles is 1. The maximum absolute atomic E-state index is 8.71. The van der Waals surface area contributed by atoms with Gasteiger partial charge in [0.25, 0.3) is 0 Å². The van der Waals surface area contributed by atoms with Crippen molar-refractivity contribution in [3.8, 4) is 6.07 Å². The predicted octanol–water partition coefficient (Wildman–Crippen LogP) is 2.70. The molecule has 0 atom stereocenters. The van der Waals surface area contributed by atoms with Gasteiger partial charge in [-0.25, -0.2) is 0 Å². The second kappa shape index (κ2) is 5.13. The van der Waals surface area contributed by atoms with Crippen molar-refractivity contribution in [1.82, 2.24) is 9.59 Å². The van der Waals surface area contributed by atoms with E-state index in [1.54, 1.807) is 12.1 Å². The number of rotatable bonds is 3. The topological polar surface area (TPSA) is 52.8 Å². The number of benzene rings is 1. The Balaban J connectivity index is 2.12. The summed E-state index contributed by atoms with van der Waals surface area (Å²) >= 11 is 7.13. The Morgan fingerprint density at radius 2 is 2.12 bits per heavy atom. The first-order valence-electron chi connectivity index (χ1n) is 4.88. The van der Waals surface area contributed by atoms with Gasteiger partial charge in [-0.2, -0.15) is 5.26 Å². The molecule has 0 spiro atoms. The van der Waals surface area contributed by atoms with Gasteiger partial charge in [0.2, 0.25) is 0 Å². The SMILES string of the molecule is CN(Cc1nnsc1Cl)c1ccc(C#N)cc1. The van der Waals surface area contributed by atoms with Crippen LogP contribution in [0.2, 0.25) is 4.34 Å². The van der Waals surface area contributed by atoms with Crippen molar-refractivity contribution >= 4 is 28.8 Å². The number of aromatic nitrogens is 2. The standard InChI is InChI=1S/C11H9ClN4S/c1-16(7-10-11(12)17-15-14-10)9-4-2-8(6-13)3-5-9/h2-5H,7H2,1H3. The van der Waals surface area contributed by atoms with E-state index in [2.05, 4.69) is 15.7 Å². The molecular weight excluding hydrogens is 256 g/mol. The van der Waals surface area contributed by atoms with E-state index < -0.39 is 0 Å². The lowest BCUT2D eigenvalue weighted by Crippen LogP contribution is -2.16. The summed E-state index contributed by atoms with van der Waals surface area (Å²) in [5.74, 6) is 0. The van der Waals surface area contributed by atoms with Gasteiger partial charge in [0, 0.05) is 24.3 Å². The monoisotopic (exact) mass is 264 g/mol. The normalized spacial score (nSPS) is 9.94. The number of halogens is 1. The molecule has 0 saturated carbocycles. The Morgan fingerprint density at radius 1 is 1.41 bits per heavy atom. The molecule has 4 nitrogen and oxygen atoms in total. The van der Waals surface area contributed by atoms with Crippen LogP contribution in [0, 0.1) is 11.3 Å². The molecule has 0 N–H and O–H groups in total. The van der Waals surface area contributed by atoms with E-state index >= 15 is 0 Å². The van der Waals surface area contributed by atoms with Crippen molar-refractivity contribution in [3.63, 3.8) is 0 Å². The quantitative estimate of drug-likeness (QED) is 0.855. The van der Waals surface area contributed by atoms with Gasteiger partial charge in [-0.3, -0.25) is 0 Å². The van der Waals surface area contributed by atoms with Crippen LogP contribution < -0.4 is 4.90 Å². The molecule has 2 aromatic rings. The average molecular weight is 265 g/mol. The van der Waals surface area contributed by atoms with Gasteiger partial charge in [0.05, 0.1) is 18.2 Å². The fraction of sp³-hybridized carbons (Fsp3) is 0.182. The zero-order valence-corrected chi connectivity index (χ0v) is 10.7. The second-order valence-electron chi connectivity index (χ2n) is 3.51. The first-order chi connectivity index (χ1) is 8.20. The van der Waals surface area contributed by atoms with E-state index in [-0.39, 0.29) is 0 Å². The van der Waals surface area contributed by atoms with Crippen LogP contribution in [0.25, 0.3) is 0 Å². The molecule has 0 amide bonds.